The number of benzene rings is 1. The Hall–Kier alpha value is -2.09. The molecule has 2 fully saturated rings. The average Bonchev–Trinajstić information content (AvgIpc) is 3.15. The largest absolute Gasteiger partial charge is 0.481 e. The number of aliphatic carboxylic acids is 1. The van der Waals surface area contributed by atoms with E-state index in [0.717, 1.165) is 12.8 Å². The van der Waals surface area contributed by atoms with Gasteiger partial charge >= 0.3 is 5.97 Å². The highest BCUT2D eigenvalue weighted by molar-refractivity contribution is 7.93. The molecule has 1 aromatic rings. The van der Waals surface area contributed by atoms with E-state index in [1.807, 2.05) is 0 Å². The molecule has 1 saturated heterocycles. The summed E-state index contributed by atoms with van der Waals surface area (Å²) in [5.74, 6) is -1.08. The minimum Gasteiger partial charge on any atom is -0.481 e. The molecule has 3 rings (SSSR count). The maximum Gasteiger partial charge on any atom is 0.310 e. The minimum atomic E-state index is -3.23. The first-order chi connectivity index (χ1) is 11.8. The van der Waals surface area contributed by atoms with E-state index in [2.05, 4.69) is 5.32 Å². The lowest BCUT2D eigenvalue weighted by Gasteiger charge is -2.23. The fraction of sp³-hybridized carbons (Fsp3) is 0.529. The Balaban J connectivity index is 1.65. The van der Waals surface area contributed by atoms with Crippen molar-refractivity contribution in [2.24, 2.45) is 5.41 Å². The highest BCUT2D eigenvalue weighted by Gasteiger charge is 2.43. The number of hydrogen-bond donors (Lipinski definition) is 2. The lowest BCUT2D eigenvalue weighted by molar-refractivity contribution is -0.150. The predicted molar refractivity (Wildman–Crippen MR) is 94.0 cm³/mol. The number of carbonyl (C=O) groups is 2. The van der Waals surface area contributed by atoms with E-state index in [9.17, 15) is 23.1 Å². The van der Waals surface area contributed by atoms with Gasteiger partial charge in [-0.1, -0.05) is 12.8 Å². The molecule has 0 aromatic heterocycles. The molecule has 1 saturated carbocycles. The molecule has 136 valence electrons. The van der Waals surface area contributed by atoms with E-state index < -0.39 is 21.4 Å². The first-order valence-corrected chi connectivity index (χ1v) is 10.1. The van der Waals surface area contributed by atoms with Gasteiger partial charge in [0, 0.05) is 18.7 Å². The van der Waals surface area contributed by atoms with Crippen molar-refractivity contribution in [3.05, 3.63) is 24.3 Å². The van der Waals surface area contributed by atoms with Crippen LogP contribution in [0.5, 0.6) is 0 Å². The summed E-state index contributed by atoms with van der Waals surface area (Å²) in [5.41, 5.74) is 0.158. The van der Waals surface area contributed by atoms with E-state index >= 15 is 0 Å². The maximum atomic E-state index is 12.2. The molecule has 7 nitrogen and oxygen atoms in total. The molecule has 0 bridgehead atoms. The van der Waals surface area contributed by atoms with Crippen molar-refractivity contribution in [2.45, 2.75) is 38.5 Å². The predicted octanol–water partition coefficient (Wildman–Crippen LogP) is 2.20. The highest BCUT2D eigenvalue weighted by atomic mass is 32.2. The highest BCUT2D eigenvalue weighted by Crippen LogP contribution is 2.41. The van der Waals surface area contributed by atoms with Gasteiger partial charge in [-0.15, -0.1) is 0 Å². The molecule has 0 radical (unpaired) electrons. The number of nitrogens with zero attached hydrogens (tertiary/aromatic N) is 1. The van der Waals surface area contributed by atoms with Crippen molar-refractivity contribution >= 4 is 33.3 Å². The van der Waals surface area contributed by atoms with Crippen LogP contribution in [0.3, 0.4) is 0 Å². The molecular weight excluding hydrogens is 344 g/mol. The van der Waals surface area contributed by atoms with E-state index in [4.69, 9.17) is 0 Å². The van der Waals surface area contributed by atoms with Crippen LogP contribution in [0.4, 0.5) is 11.4 Å². The summed E-state index contributed by atoms with van der Waals surface area (Å²) >= 11 is 0. The zero-order valence-corrected chi connectivity index (χ0v) is 14.7. The molecule has 1 aromatic carbocycles. The van der Waals surface area contributed by atoms with Gasteiger partial charge < -0.3 is 10.4 Å². The summed E-state index contributed by atoms with van der Waals surface area (Å²) in [7, 11) is -3.23. The zero-order valence-electron chi connectivity index (χ0n) is 13.9. The lowest BCUT2D eigenvalue weighted by atomic mass is 9.82. The van der Waals surface area contributed by atoms with Gasteiger partial charge in [0.25, 0.3) is 0 Å². The first kappa shape index (κ1) is 17.7. The third-order valence-electron chi connectivity index (χ3n) is 5.05. The number of hydrogen-bond acceptors (Lipinski definition) is 4. The molecule has 0 spiro atoms. The normalized spacial score (nSPS) is 21.2. The topological polar surface area (TPSA) is 104 Å². The van der Waals surface area contributed by atoms with Crippen LogP contribution >= 0.6 is 0 Å². The second kappa shape index (κ2) is 6.67. The molecule has 1 aliphatic carbocycles. The van der Waals surface area contributed by atoms with Gasteiger partial charge in [-0.05, 0) is 43.5 Å². The molecule has 2 N–H and O–H groups in total. The van der Waals surface area contributed by atoms with E-state index in [1.165, 1.54) is 4.31 Å². The number of carboxylic acid groups (broad SMARTS) is 1. The summed E-state index contributed by atoms with van der Waals surface area (Å²) in [4.78, 5) is 23.8. The maximum absolute atomic E-state index is 12.2. The van der Waals surface area contributed by atoms with Gasteiger partial charge in [0.15, 0.2) is 0 Å². The van der Waals surface area contributed by atoms with Gasteiger partial charge in [-0.2, -0.15) is 0 Å². The minimum absolute atomic E-state index is 0.0371. The first-order valence-electron chi connectivity index (χ1n) is 8.46. The Labute approximate surface area is 147 Å². The third-order valence-corrected chi connectivity index (χ3v) is 6.92. The second-order valence-electron chi connectivity index (χ2n) is 6.81. The second-order valence-corrected chi connectivity index (χ2v) is 8.82. The van der Waals surface area contributed by atoms with E-state index in [-0.39, 0.29) is 18.1 Å². The van der Waals surface area contributed by atoms with Crippen LogP contribution in [0.15, 0.2) is 24.3 Å². The summed E-state index contributed by atoms with van der Waals surface area (Å²) < 4.78 is 25.2. The summed E-state index contributed by atoms with van der Waals surface area (Å²) in [6, 6.07) is 6.59. The van der Waals surface area contributed by atoms with Crippen LogP contribution in [0.2, 0.25) is 0 Å². The molecular formula is C17H22N2O5S. The lowest BCUT2D eigenvalue weighted by Crippen LogP contribution is -2.32. The molecule has 1 amide bonds. The standard InChI is InChI=1S/C17H22N2O5S/c20-15(12-17(16(21)22)8-1-2-9-17)18-13-4-6-14(7-5-13)19-10-3-11-25(19,23)24/h4-7H,1-3,8-12H2,(H,18,20)(H,21,22). The summed E-state index contributed by atoms with van der Waals surface area (Å²) in [6.07, 6.45) is 3.29. The van der Waals surface area contributed by atoms with Crippen molar-refractivity contribution in [3.8, 4) is 0 Å². The van der Waals surface area contributed by atoms with Gasteiger partial charge in [0.1, 0.15) is 0 Å². The van der Waals surface area contributed by atoms with Crippen LogP contribution < -0.4 is 9.62 Å². The van der Waals surface area contributed by atoms with Gasteiger partial charge in [-0.3, -0.25) is 13.9 Å². The van der Waals surface area contributed by atoms with Crippen LogP contribution in [0.1, 0.15) is 38.5 Å². The van der Waals surface area contributed by atoms with Crippen LogP contribution in [-0.4, -0.2) is 37.7 Å². The number of rotatable bonds is 5. The van der Waals surface area contributed by atoms with Crippen molar-refractivity contribution in [3.63, 3.8) is 0 Å². The van der Waals surface area contributed by atoms with Gasteiger partial charge in [-0.25, -0.2) is 8.42 Å². The van der Waals surface area contributed by atoms with Crippen molar-refractivity contribution in [1.29, 1.82) is 0 Å². The van der Waals surface area contributed by atoms with Crippen LogP contribution in [-0.2, 0) is 19.6 Å². The van der Waals surface area contributed by atoms with Gasteiger partial charge in [0.2, 0.25) is 15.9 Å². The number of sulfonamides is 1. The molecule has 0 atom stereocenters. The molecule has 2 aliphatic rings. The fourth-order valence-corrected chi connectivity index (χ4v) is 5.24. The smallest absolute Gasteiger partial charge is 0.310 e. The van der Waals surface area contributed by atoms with E-state index in [1.54, 1.807) is 24.3 Å². The Morgan fingerprint density at radius 2 is 1.76 bits per heavy atom. The molecule has 25 heavy (non-hydrogen) atoms. The van der Waals surface area contributed by atoms with Gasteiger partial charge in [0.05, 0.1) is 16.9 Å². The van der Waals surface area contributed by atoms with Crippen molar-refractivity contribution < 1.29 is 23.1 Å². The van der Waals surface area contributed by atoms with Crippen molar-refractivity contribution in [2.75, 3.05) is 21.9 Å². The molecule has 1 heterocycles. The Morgan fingerprint density at radius 1 is 1.12 bits per heavy atom. The average molecular weight is 366 g/mol. The molecule has 0 unspecified atom stereocenters. The summed E-state index contributed by atoms with van der Waals surface area (Å²) in [5, 5.41) is 12.2. The summed E-state index contributed by atoms with van der Waals surface area (Å²) in [6.45, 7) is 0.467. The molecule has 8 heteroatoms. The van der Waals surface area contributed by atoms with Crippen LogP contribution in [0, 0.1) is 5.41 Å². The van der Waals surface area contributed by atoms with Crippen molar-refractivity contribution in [1.82, 2.24) is 0 Å². The van der Waals surface area contributed by atoms with Crippen LogP contribution in [0.25, 0.3) is 0 Å². The number of carboxylic acids is 1. The SMILES string of the molecule is O=C(CC1(C(=O)O)CCCC1)Nc1ccc(N2CCCS2(=O)=O)cc1. The third kappa shape index (κ3) is 3.63. The zero-order chi connectivity index (χ0) is 18.1. The number of amides is 1. The number of nitrogens with one attached hydrogen (secondary N) is 1. The number of carbonyl (C=O) groups excluding carboxylic acids is 1. The fourth-order valence-electron chi connectivity index (χ4n) is 3.67. The molecule has 1 aliphatic heterocycles. The Bertz CT molecular complexity index is 767. The Kier molecular flexibility index (Phi) is 4.73. The quantitative estimate of drug-likeness (QED) is 0.831. The monoisotopic (exact) mass is 366 g/mol. The number of anilines is 2. The Morgan fingerprint density at radius 3 is 2.28 bits per heavy atom. The van der Waals surface area contributed by atoms with E-state index in [0.29, 0.717) is 37.2 Å².